The smallest absolute Gasteiger partial charge is 0.273 e. The molecule has 0 fully saturated rings. The summed E-state index contributed by atoms with van der Waals surface area (Å²) in [6.07, 6.45) is 0. The van der Waals surface area contributed by atoms with Crippen molar-refractivity contribution in [2.45, 2.75) is 0 Å². The third kappa shape index (κ3) is 2.37. The molecule has 5 nitrogen and oxygen atoms in total. The number of aromatic hydroxyl groups is 2. The van der Waals surface area contributed by atoms with Crippen molar-refractivity contribution >= 4 is 35.2 Å². The van der Waals surface area contributed by atoms with Crippen LogP contribution in [0.25, 0.3) is 0 Å². The summed E-state index contributed by atoms with van der Waals surface area (Å²) in [5.74, 6) is -0.852. The Labute approximate surface area is 90.1 Å². The van der Waals surface area contributed by atoms with Gasteiger partial charge in [-0.05, 0) is 6.07 Å². The first kappa shape index (κ1) is 11.2. The van der Waals surface area contributed by atoms with E-state index in [9.17, 15) is 10.1 Å². The molecule has 0 aromatic heterocycles. The fraction of sp³-hybridized carbons (Fsp3) is 0. The van der Waals surface area contributed by atoms with Crippen LogP contribution in [0.4, 0.5) is 5.69 Å². The normalized spacial score (nSPS) is 8.67. The molecule has 0 aliphatic carbocycles. The average Bonchev–Trinajstić information content (AvgIpc) is 1.94. The summed E-state index contributed by atoms with van der Waals surface area (Å²) >= 11 is 0. The Morgan fingerprint density at radius 3 is 2.25 bits per heavy atom. The molecule has 0 atom stereocenters. The van der Waals surface area contributed by atoms with E-state index in [2.05, 4.69) is 0 Å². The summed E-state index contributed by atoms with van der Waals surface area (Å²) in [6, 6.07) is 3.05. The standard InChI is InChI=1S/C6H5NO4.Na/c8-5-2-1-4(7(10)11)3-6(5)9;/h1-3,8-9H;. The first-order valence-electron chi connectivity index (χ1n) is 2.77. The maximum atomic E-state index is 10.1. The Morgan fingerprint density at radius 2 is 1.83 bits per heavy atom. The Kier molecular flexibility index (Phi) is 4.02. The summed E-state index contributed by atoms with van der Waals surface area (Å²) in [5.41, 5.74) is -0.250. The summed E-state index contributed by atoms with van der Waals surface area (Å²) in [7, 11) is 0. The van der Waals surface area contributed by atoms with E-state index >= 15 is 0 Å². The molecule has 0 bridgehead atoms. The minimum absolute atomic E-state index is 0. The van der Waals surface area contributed by atoms with E-state index in [-0.39, 0.29) is 41.0 Å². The van der Waals surface area contributed by atoms with Crippen molar-refractivity contribution < 1.29 is 15.1 Å². The second kappa shape index (κ2) is 4.30. The van der Waals surface area contributed by atoms with Gasteiger partial charge < -0.3 is 10.2 Å². The molecular weight excluding hydrogens is 173 g/mol. The zero-order valence-corrected chi connectivity index (χ0v) is 8.39. The van der Waals surface area contributed by atoms with Gasteiger partial charge >= 0.3 is 0 Å². The van der Waals surface area contributed by atoms with Crippen LogP contribution in [0, 0.1) is 10.1 Å². The van der Waals surface area contributed by atoms with Crippen LogP contribution in [-0.2, 0) is 0 Å². The number of benzene rings is 1. The van der Waals surface area contributed by atoms with E-state index in [1.165, 1.54) is 0 Å². The van der Waals surface area contributed by atoms with Crippen molar-refractivity contribution in [3.8, 4) is 11.5 Å². The van der Waals surface area contributed by atoms with Crippen LogP contribution in [0.5, 0.6) is 11.5 Å². The molecule has 1 radical (unpaired) electrons. The van der Waals surface area contributed by atoms with Crippen LogP contribution in [-0.4, -0.2) is 44.7 Å². The van der Waals surface area contributed by atoms with Crippen molar-refractivity contribution in [2.24, 2.45) is 0 Å². The quantitative estimate of drug-likeness (QED) is 0.286. The van der Waals surface area contributed by atoms with Gasteiger partial charge in [0, 0.05) is 35.6 Å². The second-order valence-corrected chi connectivity index (χ2v) is 1.93. The largest absolute Gasteiger partial charge is 0.504 e. The van der Waals surface area contributed by atoms with Crippen LogP contribution in [0.3, 0.4) is 0 Å². The third-order valence-electron chi connectivity index (χ3n) is 1.17. The molecule has 59 valence electrons. The SMILES string of the molecule is O=[N+]([O-])c1ccc(O)c(O)c1.[Na]. The molecule has 0 aliphatic heterocycles. The topological polar surface area (TPSA) is 83.6 Å². The molecule has 12 heavy (non-hydrogen) atoms. The number of nitro benzene ring substituents is 1. The second-order valence-electron chi connectivity index (χ2n) is 1.93. The molecule has 0 aliphatic rings. The zero-order valence-electron chi connectivity index (χ0n) is 6.39. The molecule has 0 saturated carbocycles. The van der Waals surface area contributed by atoms with E-state index in [0.29, 0.717) is 0 Å². The number of hydrogen-bond donors (Lipinski definition) is 2. The zero-order chi connectivity index (χ0) is 8.43. The van der Waals surface area contributed by atoms with Gasteiger partial charge in [-0.15, -0.1) is 0 Å². The summed E-state index contributed by atoms with van der Waals surface area (Å²) in [4.78, 5) is 9.42. The molecule has 1 aromatic carbocycles. The Morgan fingerprint density at radius 1 is 1.25 bits per heavy atom. The number of phenols is 2. The number of phenolic OH excluding ortho intramolecular Hbond substituents is 2. The monoisotopic (exact) mass is 178 g/mol. The van der Waals surface area contributed by atoms with Gasteiger partial charge in [-0.25, -0.2) is 0 Å². The molecule has 0 amide bonds. The molecular formula is C6H5NNaO4. The number of non-ortho nitro benzene ring substituents is 1. The van der Waals surface area contributed by atoms with Crippen molar-refractivity contribution in [1.82, 2.24) is 0 Å². The van der Waals surface area contributed by atoms with E-state index < -0.39 is 10.7 Å². The molecule has 2 N–H and O–H groups in total. The van der Waals surface area contributed by atoms with Crippen LogP contribution in [0.2, 0.25) is 0 Å². The number of nitrogens with zero attached hydrogens (tertiary/aromatic N) is 1. The molecule has 6 heteroatoms. The van der Waals surface area contributed by atoms with E-state index in [1.54, 1.807) is 0 Å². The van der Waals surface area contributed by atoms with Crippen molar-refractivity contribution in [3.05, 3.63) is 28.3 Å². The van der Waals surface area contributed by atoms with Crippen LogP contribution in [0.1, 0.15) is 0 Å². The van der Waals surface area contributed by atoms with E-state index in [1.807, 2.05) is 0 Å². The predicted molar refractivity (Wildman–Crippen MR) is 42.2 cm³/mol. The minimum Gasteiger partial charge on any atom is -0.504 e. The minimum atomic E-state index is -0.654. The third-order valence-corrected chi connectivity index (χ3v) is 1.17. The number of hydrogen-bond acceptors (Lipinski definition) is 4. The van der Waals surface area contributed by atoms with Crippen LogP contribution >= 0.6 is 0 Å². The average molecular weight is 178 g/mol. The summed E-state index contributed by atoms with van der Waals surface area (Å²) in [6.45, 7) is 0. The van der Waals surface area contributed by atoms with E-state index in [0.717, 1.165) is 18.2 Å². The van der Waals surface area contributed by atoms with E-state index in [4.69, 9.17) is 10.2 Å². The Balaban J connectivity index is 0.00000121. The summed E-state index contributed by atoms with van der Waals surface area (Å²) in [5, 5.41) is 27.6. The van der Waals surface area contributed by atoms with Gasteiger partial charge in [0.2, 0.25) is 0 Å². The van der Waals surface area contributed by atoms with Gasteiger partial charge in [-0.1, -0.05) is 0 Å². The number of rotatable bonds is 1. The fourth-order valence-electron chi connectivity index (χ4n) is 0.625. The fourth-order valence-corrected chi connectivity index (χ4v) is 0.625. The van der Waals surface area contributed by atoms with Crippen molar-refractivity contribution in [2.75, 3.05) is 0 Å². The summed E-state index contributed by atoms with van der Waals surface area (Å²) < 4.78 is 0. The van der Waals surface area contributed by atoms with Crippen LogP contribution in [0.15, 0.2) is 18.2 Å². The predicted octanol–water partition coefficient (Wildman–Crippen LogP) is 0.625. The first-order valence-corrected chi connectivity index (χ1v) is 2.77. The first-order chi connectivity index (χ1) is 5.11. The maximum Gasteiger partial charge on any atom is 0.273 e. The van der Waals surface area contributed by atoms with Gasteiger partial charge in [0.05, 0.1) is 11.0 Å². The molecule has 0 heterocycles. The molecule has 0 spiro atoms. The van der Waals surface area contributed by atoms with Gasteiger partial charge in [0.1, 0.15) is 0 Å². The number of nitro groups is 1. The van der Waals surface area contributed by atoms with Crippen molar-refractivity contribution in [3.63, 3.8) is 0 Å². The van der Waals surface area contributed by atoms with Gasteiger partial charge in [-0.3, -0.25) is 10.1 Å². The molecule has 0 saturated heterocycles. The molecule has 1 rings (SSSR count). The maximum absolute atomic E-state index is 10.1. The Bertz CT molecular complexity index is 302. The van der Waals surface area contributed by atoms with Gasteiger partial charge in [0.25, 0.3) is 5.69 Å². The van der Waals surface area contributed by atoms with Crippen molar-refractivity contribution in [1.29, 1.82) is 0 Å². The van der Waals surface area contributed by atoms with Gasteiger partial charge in [-0.2, -0.15) is 0 Å². The Hall–Kier alpha value is -0.780. The van der Waals surface area contributed by atoms with Crippen LogP contribution < -0.4 is 0 Å². The van der Waals surface area contributed by atoms with Gasteiger partial charge in [0.15, 0.2) is 11.5 Å². The molecule has 1 aromatic rings. The molecule has 0 unspecified atom stereocenters.